The Balaban J connectivity index is 1.52. The molecule has 0 radical (unpaired) electrons. The summed E-state index contributed by atoms with van der Waals surface area (Å²) in [4.78, 5) is 29.3. The fourth-order valence-electron chi connectivity index (χ4n) is 7.17. The van der Waals surface area contributed by atoms with Gasteiger partial charge in [-0.2, -0.15) is 0 Å². The van der Waals surface area contributed by atoms with E-state index in [0.29, 0.717) is 42.9 Å². The number of nitrogens with one attached hydrogen (secondary N) is 1. The van der Waals surface area contributed by atoms with Crippen LogP contribution >= 0.6 is 0 Å². The molecular weight excluding hydrogens is 534 g/mol. The number of ether oxygens (including phenoxy) is 2. The van der Waals surface area contributed by atoms with Crippen LogP contribution < -0.4 is 11.1 Å². The van der Waals surface area contributed by atoms with Gasteiger partial charge in [-0.15, -0.1) is 4.99 Å². The average Bonchev–Trinajstić information content (AvgIpc) is 3.40. The van der Waals surface area contributed by atoms with Gasteiger partial charge in [0.1, 0.15) is 24.0 Å². The second kappa shape index (κ2) is 18.1. The van der Waals surface area contributed by atoms with Gasteiger partial charge in [0.15, 0.2) is 6.21 Å². The van der Waals surface area contributed by atoms with E-state index in [1.54, 1.807) is 7.11 Å². The molecule has 1 saturated heterocycles. The Morgan fingerprint density at radius 1 is 1.19 bits per heavy atom. The third-order valence-electron chi connectivity index (χ3n) is 9.77. The summed E-state index contributed by atoms with van der Waals surface area (Å²) in [6.07, 6.45) is 12.0. The molecule has 0 aromatic heterocycles. The van der Waals surface area contributed by atoms with Crippen molar-refractivity contribution in [3.8, 4) is 0 Å². The number of nitrogens with zero attached hydrogens (tertiary/aromatic N) is 1. The summed E-state index contributed by atoms with van der Waals surface area (Å²) in [6, 6.07) is 0. The molecule has 2 fully saturated rings. The molecule has 3 rings (SSSR count). The van der Waals surface area contributed by atoms with Crippen LogP contribution in [0.4, 0.5) is 0 Å². The zero-order valence-corrected chi connectivity index (χ0v) is 26.1. The van der Waals surface area contributed by atoms with Crippen molar-refractivity contribution >= 4 is 18.0 Å². The highest BCUT2D eigenvalue weighted by atomic mass is 16.5. The normalized spacial score (nSPS) is 28.3. The zero-order valence-electron chi connectivity index (χ0n) is 26.1. The molecule has 0 amide bonds. The highest BCUT2D eigenvalue weighted by Crippen LogP contribution is 2.36. The molecule has 9 heteroatoms. The summed E-state index contributed by atoms with van der Waals surface area (Å²) in [5.74, 6) is 1.42. The summed E-state index contributed by atoms with van der Waals surface area (Å²) < 4.78 is 11.0. The fourth-order valence-corrected chi connectivity index (χ4v) is 7.17. The maximum atomic E-state index is 12.9. The molecule has 0 bridgehead atoms. The van der Waals surface area contributed by atoms with Crippen LogP contribution in [-0.2, 0) is 19.1 Å². The Morgan fingerprint density at radius 2 is 2.00 bits per heavy atom. The van der Waals surface area contributed by atoms with Crippen molar-refractivity contribution in [2.24, 2.45) is 34.4 Å². The van der Waals surface area contributed by atoms with Gasteiger partial charge in [-0.1, -0.05) is 13.3 Å². The Bertz CT molecular complexity index is 908. The third-order valence-corrected chi connectivity index (χ3v) is 9.77. The lowest BCUT2D eigenvalue weighted by atomic mass is 9.77. The molecule has 9 nitrogen and oxygen atoms in total. The minimum Gasteiger partial charge on any atom is -0.462 e. The minimum atomic E-state index is -0.419. The van der Waals surface area contributed by atoms with E-state index in [1.807, 2.05) is 12.8 Å². The van der Waals surface area contributed by atoms with Crippen LogP contribution in [0.15, 0.2) is 16.1 Å². The molecule has 5 N–H and O–H groups in total. The van der Waals surface area contributed by atoms with Gasteiger partial charge in [-0.3, -0.25) is 9.59 Å². The Morgan fingerprint density at radius 3 is 2.69 bits per heavy atom. The molecular formula is C33H56N3O6+. The van der Waals surface area contributed by atoms with Gasteiger partial charge in [0, 0.05) is 46.3 Å². The minimum absolute atomic E-state index is 0.0213. The first kappa shape index (κ1) is 34.7. The van der Waals surface area contributed by atoms with E-state index in [-0.39, 0.29) is 37.0 Å². The first-order chi connectivity index (χ1) is 20.2. The molecule has 8 unspecified atom stereocenters. The van der Waals surface area contributed by atoms with Crippen LogP contribution in [0.1, 0.15) is 104 Å². The van der Waals surface area contributed by atoms with Crippen LogP contribution in [0.3, 0.4) is 0 Å². The lowest BCUT2D eigenvalue weighted by Gasteiger charge is -2.33. The van der Waals surface area contributed by atoms with Crippen molar-refractivity contribution in [3.05, 3.63) is 17.7 Å². The van der Waals surface area contributed by atoms with E-state index >= 15 is 0 Å². The fraction of sp³-hybridized carbons (Fsp3) is 0.818. The maximum absolute atomic E-state index is 12.9. The largest absolute Gasteiger partial charge is 0.462 e. The topological polar surface area (TPSA) is 143 Å². The number of hydrogen-bond acceptors (Lipinski definition) is 9. The van der Waals surface area contributed by atoms with Gasteiger partial charge >= 0.3 is 5.97 Å². The van der Waals surface area contributed by atoms with Gasteiger partial charge < -0.3 is 30.7 Å². The second-order valence-electron chi connectivity index (χ2n) is 12.9. The number of carbonyl (C=O) groups is 2. The standard InChI is InChI=1S/C33H56N3O6/c1-4-23(15-27-20-35-21-28(27)17-26(12-14-37)25-11-13-36-33(34)18-25)6-9-30(42-22(2)38)19-29(39)8-5-24-7-10-31(40)32(16-24)41-3/h20-21,23-26,30-33,36-37,40H,4-19,34H2,1-3H3/q+1. The monoisotopic (exact) mass is 590 g/mol. The molecule has 3 aliphatic rings. The number of hydrogen-bond donors (Lipinski definition) is 4. The Kier molecular flexibility index (Phi) is 15.0. The summed E-state index contributed by atoms with van der Waals surface area (Å²) in [6.45, 7) is 6.68. The first-order valence-electron chi connectivity index (χ1n) is 16.3. The maximum Gasteiger partial charge on any atom is 0.302 e. The highest BCUT2D eigenvalue weighted by Gasteiger charge is 2.33. The van der Waals surface area contributed by atoms with Crippen molar-refractivity contribution in [1.82, 2.24) is 5.32 Å². The van der Waals surface area contributed by atoms with Gasteiger partial charge in [0.2, 0.25) is 0 Å². The van der Waals surface area contributed by atoms with Crippen molar-refractivity contribution in [2.75, 3.05) is 20.3 Å². The zero-order chi connectivity index (χ0) is 30.5. The SMILES string of the molecule is CCC(CCC(CC(=O)CCC1CCC(O)C(OC)C1)OC(C)=O)CC1=C(CC(CCO)C2CCNC(N)C2)[CH+]N=C1. The number of nitrogens with two attached hydrogens (primary N) is 1. The van der Waals surface area contributed by atoms with Crippen molar-refractivity contribution in [1.29, 1.82) is 0 Å². The van der Waals surface area contributed by atoms with Crippen LogP contribution in [-0.4, -0.2) is 72.9 Å². The van der Waals surface area contributed by atoms with Crippen LogP contribution in [0.2, 0.25) is 0 Å². The van der Waals surface area contributed by atoms with E-state index in [2.05, 4.69) is 17.2 Å². The number of aliphatic imine (C=N–C) groups is 1. The van der Waals surface area contributed by atoms with Crippen molar-refractivity contribution < 1.29 is 29.3 Å². The quantitative estimate of drug-likeness (QED) is 0.137. The number of aliphatic hydroxyl groups is 2. The van der Waals surface area contributed by atoms with Gasteiger partial charge in [-0.25, -0.2) is 0 Å². The summed E-state index contributed by atoms with van der Waals surface area (Å²) in [7, 11) is 1.63. The van der Waals surface area contributed by atoms with Crippen LogP contribution in [0.5, 0.6) is 0 Å². The van der Waals surface area contributed by atoms with E-state index in [9.17, 15) is 19.8 Å². The second-order valence-corrected chi connectivity index (χ2v) is 12.9. The molecule has 2 heterocycles. The van der Waals surface area contributed by atoms with Crippen molar-refractivity contribution in [3.63, 3.8) is 0 Å². The summed E-state index contributed by atoms with van der Waals surface area (Å²) >= 11 is 0. The molecule has 8 atom stereocenters. The van der Waals surface area contributed by atoms with Crippen molar-refractivity contribution in [2.45, 2.75) is 128 Å². The molecule has 42 heavy (non-hydrogen) atoms. The van der Waals surface area contributed by atoms with Crippen LogP contribution in [0.25, 0.3) is 0 Å². The number of allylic oxidation sites excluding steroid dienone is 1. The Hall–Kier alpha value is -1.78. The van der Waals surface area contributed by atoms with Crippen LogP contribution in [0, 0.1) is 30.2 Å². The number of rotatable bonds is 18. The van der Waals surface area contributed by atoms with E-state index in [1.165, 1.54) is 18.1 Å². The van der Waals surface area contributed by atoms with Gasteiger partial charge in [-0.05, 0) is 88.0 Å². The third kappa shape index (κ3) is 11.4. The summed E-state index contributed by atoms with van der Waals surface area (Å²) in [5, 5.41) is 23.1. The molecule has 238 valence electrons. The summed E-state index contributed by atoms with van der Waals surface area (Å²) in [5.41, 5.74) is 8.70. The molecule has 0 spiro atoms. The van der Waals surface area contributed by atoms with E-state index < -0.39 is 12.2 Å². The number of methoxy groups -OCH3 is 1. The number of piperidine rings is 1. The predicted molar refractivity (Wildman–Crippen MR) is 165 cm³/mol. The molecule has 2 aliphatic heterocycles. The smallest absolute Gasteiger partial charge is 0.302 e. The molecule has 1 aliphatic carbocycles. The first-order valence-corrected chi connectivity index (χ1v) is 16.3. The van der Waals surface area contributed by atoms with E-state index in [0.717, 1.165) is 70.8 Å². The number of aliphatic hydroxyl groups excluding tert-OH is 2. The predicted octanol–water partition coefficient (Wildman–Crippen LogP) is 4.25. The molecule has 0 aromatic rings. The lowest BCUT2D eigenvalue weighted by Crippen LogP contribution is -2.45. The number of Topliss-reactive ketones (excluding diaryl/α,β-unsaturated/α-hetero) is 1. The number of ketones is 1. The number of esters is 1. The van der Waals surface area contributed by atoms with E-state index in [4.69, 9.17) is 15.2 Å². The number of carbonyl (C=O) groups excluding carboxylic acids is 2. The molecule has 1 saturated carbocycles. The van der Waals surface area contributed by atoms with Gasteiger partial charge in [0.25, 0.3) is 0 Å². The average molecular weight is 591 g/mol. The molecule has 0 aromatic carbocycles. The van der Waals surface area contributed by atoms with Gasteiger partial charge in [0.05, 0.1) is 23.9 Å². The highest BCUT2D eigenvalue weighted by molar-refractivity contribution is 5.84. The lowest BCUT2D eigenvalue weighted by molar-refractivity contribution is -0.148. The Labute approximate surface area is 253 Å².